The molecule has 1 saturated heterocycles. The number of benzene rings is 2. The predicted octanol–water partition coefficient (Wildman–Crippen LogP) is 4.34. The molecule has 6 nitrogen and oxygen atoms in total. The molecular formula is C25H27NO5. The number of methoxy groups -OCH3 is 1. The molecular weight excluding hydrogens is 394 g/mol. The molecule has 1 aromatic heterocycles. The molecule has 31 heavy (non-hydrogen) atoms. The van der Waals surface area contributed by atoms with Gasteiger partial charge in [-0.1, -0.05) is 42.5 Å². The minimum absolute atomic E-state index is 0.190. The molecule has 0 saturated carbocycles. The van der Waals surface area contributed by atoms with Crippen molar-refractivity contribution in [3.63, 3.8) is 0 Å². The van der Waals surface area contributed by atoms with Crippen molar-refractivity contribution in [3.8, 4) is 11.5 Å². The van der Waals surface area contributed by atoms with Gasteiger partial charge in [-0.15, -0.1) is 0 Å². The number of carbonyl (C=O) groups excluding carboxylic acids is 1. The molecule has 0 N–H and O–H groups in total. The van der Waals surface area contributed by atoms with E-state index in [1.54, 1.807) is 6.92 Å². The summed E-state index contributed by atoms with van der Waals surface area (Å²) in [7, 11) is 1.33. The van der Waals surface area contributed by atoms with Crippen LogP contribution in [0.5, 0.6) is 0 Å². The lowest BCUT2D eigenvalue weighted by molar-refractivity contribution is -0.272. The van der Waals surface area contributed by atoms with E-state index in [4.69, 9.17) is 18.6 Å². The molecule has 4 rings (SSSR count). The van der Waals surface area contributed by atoms with Gasteiger partial charge in [-0.05, 0) is 36.6 Å². The molecule has 1 aliphatic rings. The van der Waals surface area contributed by atoms with Crippen molar-refractivity contribution in [2.75, 3.05) is 20.3 Å². The smallest absolute Gasteiger partial charge is 0.366 e. The molecule has 0 unspecified atom stereocenters. The van der Waals surface area contributed by atoms with Crippen LogP contribution in [0.15, 0.2) is 59.0 Å². The van der Waals surface area contributed by atoms with Gasteiger partial charge in [-0.2, -0.15) is 0 Å². The van der Waals surface area contributed by atoms with Crippen LogP contribution in [0.1, 0.15) is 29.5 Å². The summed E-state index contributed by atoms with van der Waals surface area (Å²) in [6.45, 7) is 4.45. The quantitative estimate of drug-likeness (QED) is 0.552. The third kappa shape index (κ3) is 4.86. The number of rotatable bonds is 6. The van der Waals surface area contributed by atoms with E-state index in [0.717, 1.165) is 29.9 Å². The number of aryl methyl sites for hydroxylation is 1. The number of hydrogen-bond acceptors (Lipinski definition) is 6. The fourth-order valence-electron chi connectivity index (χ4n) is 3.68. The highest BCUT2D eigenvalue weighted by molar-refractivity contribution is 5.77. The van der Waals surface area contributed by atoms with Gasteiger partial charge in [0.25, 0.3) is 5.79 Å². The van der Waals surface area contributed by atoms with Crippen molar-refractivity contribution in [1.29, 1.82) is 0 Å². The van der Waals surface area contributed by atoms with Crippen molar-refractivity contribution in [2.24, 2.45) is 5.92 Å². The largest absolute Gasteiger partial charge is 0.465 e. The second-order valence-electron chi connectivity index (χ2n) is 8.01. The summed E-state index contributed by atoms with van der Waals surface area (Å²) >= 11 is 0. The van der Waals surface area contributed by atoms with Gasteiger partial charge in [-0.3, -0.25) is 0 Å². The van der Waals surface area contributed by atoms with Gasteiger partial charge < -0.3 is 18.6 Å². The highest BCUT2D eigenvalue weighted by atomic mass is 16.7. The lowest BCUT2D eigenvalue weighted by atomic mass is 9.98. The monoisotopic (exact) mass is 421 g/mol. The molecule has 162 valence electrons. The summed E-state index contributed by atoms with van der Waals surface area (Å²) < 4.78 is 21.9. The molecule has 0 spiro atoms. The number of aromatic nitrogens is 1. The zero-order valence-electron chi connectivity index (χ0n) is 18.1. The maximum Gasteiger partial charge on any atom is 0.366 e. The van der Waals surface area contributed by atoms with Crippen LogP contribution in [0, 0.1) is 12.8 Å². The van der Waals surface area contributed by atoms with Crippen molar-refractivity contribution < 1.29 is 23.4 Å². The Balaban J connectivity index is 1.35. The molecule has 0 amide bonds. The average molecular weight is 421 g/mol. The first-order chi connectivity index (χ1) is 15.0. The summed E-state index contributed by atoms with van der Waals surface area (Å²) in [6, 6.07) is 18.4. The normalized spacial score (nSPS) is 21.1. The van der Waals surface area contributed by atoms with Crippen LogP contribution in [-0.2, 0) is 31.8 Å². The minimum atomic E-state index is -1.30. The second kappa shape index (κ2) is 9.04. The minimum Gasteiger partial charge on any atom is -0.465 e. The van der Waals surface area contributed by atoms with E-state index in [0.29, 0.717) is 19.1 Å². The van der Waals surface area contributed by atoms with Gasteiger partial charge in [0, 0.05) is 24.8 Å². The van der Waals surface area contributed by atoms with E-state index in [1.165, 1.54) is 18.2 Å². The fraction of sp³-hybridized carbons (Fsp3) is 0.360. The van der Waals surface area contributed by atoms with Gasteiger partial charge in [0.1, 0.15) is 5.76 Å². The highest BCUT2D eigenvalue weighted by Gasteiger charge is 2.41. The lowest BCUT2D eigenvalue weighted by Crippen LogP contribution is -2.48. The van der Waals surface area contributed by atoms with Gasteiger partial charge in [0.2, 0.25) is 5.89 Å². The van der Waals surface area contributed by atoms with Crippen molar-refractivity contribution in [3.05, 3.63) is 77.2 Å². The van der Waals surface area contributed by atoms with E-state index in [1.807, 2.05) is 37.3 Å². The van der Waals surface area contributed by atoms with Crippen molar-refractivity contribution >= 4 is 5.97 Å². The second-order valence-corrected chi connectivity index (χ2v) is 8.01. The number of esters is 1. The summed E-state index contributed by atoms with van der Waals surface area (Å²) in [5.41, 5.74) is 4.30. The standard InChI is InChI=1S/C25H27NO5/c1-17-22(26-23(31-17)21-7-5-4-6-8-21)14-19-11-9-18(10-12-19)13-20-15-29-25(2,30-16-20)24(27)28-3/h4-12,20H,13-16H2,1-3H3/t20-,25+. The Kier molecular flexibility index (Phi) is 6.20. The zero-order chi connectivity index (χ0) is 21.8. The zero-order valence-corrected chi connectivity index (χ0v) is 18.1. The Bertz CT molecular complexity index is 1020. The Hall–Kier alpha value is -2.96. The van der Waals surface area contributed by atoms with Gasteiger partial charge >= 0.3 is 5.97 Å². The molecule has 0 bridgehead atoms. The predicted molar refractivity (Wildman–Crippen MR) is 115 cm³/mol. The van der Waals surface area contributed by atoms with Crippen LogP contribution in [0.2, 0.25) is 0 Å². The van der Waals surface area contributed by atoms with Crippen LogP contribution in [0.3, 0.4) is 0 Å². The van der Waals surface area contributed by atoms with Crippen LogP contribution in [0.25, 0.3) is 11.5 Å². The number of oxazole rings is 1. The Morgan fingerprint density at radius 2 is 1.71 bits per heavy atom. The van der Waals surface area contributed by atoms with Gasteiger partial charge in [0.15, 0.2) is 0 Å². The van der Waals surface area contributed by atoms with Gasteiger partial charge in [0.05, 0.1) is 26.0 Å². The molecule has 2 aromatic carbocycles. The first-order valence-electron chi connectivity index (χ1n) is 10.4. The maximum atomic E-state index is 11.8. The molecule has 0 radical (unpaired) electrons. The summed E-state index contributed by atoms with van der Waals surface area (Å²) in [5, 5.41) is 0. The fourth-order valence-corrected chi connectivity index (χ4v) is 3.68. The molecule has 2 heterocycles. The summed E-state index contributed by atoms with van der Waals surface area (Å²) in [6.07, 6.45) is 1.54. The average Bonchev–Trinajstić information content (AvgIpc) is 3.17. The van der Waals surface area contributed by atoms with Crippen molar-refractivity contribution in [2.45, 2.75) is 32.5 Å². The number of hydrogen-bond donors (Lipinski definition) is 0. The van der Waals surface area contributed by atoms with Crippen molar-refractivity contribution in [1.82, 2.24) is 4.98 Å². The van der Waals surface area contributed by atoms with E-state index in [2.05, 4.69) is 29.2 Å². The first-order valence-corrected chi connectivity index (χ1v) is 10.4. The molecule has 3 aromatic rings. The molecule has 6 heteroatoms. The number of ether oxygens (including phenoxy) is 3. The lowest BCUT2D eigenvalue weighted by Gasteiger charge is -2.35. The van der Waals surface area contributed by atoms with E-state index >= 15 is 0 Å². The molecule has 1 aliphatic heterocycles. The SMILES string of the molecule is COC(=O)[C@]1(C)OC[C@H](Cc2ccc(Cc3nc(-c4ccccc4)oc3C)cc2)CO1. The number of carbonyl (C=O) groups is 1. The summed E-state index contributed by atoms with van der Waals surface area (Å²) in [5.74, 6) is -0.124. The highest BCUT2D eigenvalue weighted by Crippen LogP contribution is 2.26. The van der Waals surface area contributed by atoms with E-state index in [9.17, 15) is 4.79 Å². The van der Waals surface area contributed by atoms with E-state index in [-0.39, 0.29) is 5.92 Å². The molecule has 1 fully saturated rings. The van der Waals surface area contributed by atoms with Gasteiger partial charge in [-0.25, -0.2) is 9.78 Å². The summed E-state index contributed by atoms with van der Waals surface area (Å²) in [4.78, 5) is 16.5. The Morgan fingerprint density at radius 3 is 2.35 bits per heavy atom. The number of nitrogens with zero attached hydrogens (tertiary/aromatic N) is 1. The Morgan fingerprint density at radius 1 is 1.06 bits per heavy atom. The maximum absolute atomic E-state index is 11.8. The third-order valence-electron chi connectivity index (χ3n) is 5.58. The van der Waals surface area contributed by atoms with Crippen LogP contribution in [0.4, 0.5) is 0 Å². The molecule has 0 atom stereocenters. The third-order valence-corrected chi connectivity index (χ3v) is 5.58. The van der Waals surface area contributed by atoms with Crippen LogP contribution >= 0.6 is 0 Å². The molecule has 0 aliphatic carbocycles. The van der Waals surface area contributed by atoms with Crippen LogP contribution < -0.4 is 0 Å². The Labute approximate surface area is 182 Å². The van der Waals surface area contributed by atoms with Crippen LogP contribution in [-0.4, -0.2) is 37.1 Å². The first kappa shape index (κ1) is 21.3. The van der Waals surface area contributed by atoms with E-state index < -0.39 is 11.8 Å². The topological polar surface area (TPSA) is 70.8 Å².